The summed E-state index contributed by atoms with van der Waals surface area (Å²) in [7, 11) is 0. The van der Waals surface area contributed by atoms with Crippen molar-refractivity contribution in [3.63, 3.8) is 0 Å². The lowest BCUT2D eigenvalue weighted by Crippen LogP contribution is -2.14. The molecule has 3 nitrogen and oxygen atoms in total. The molecule has 0 aliphatic carbocycles. The minimum absolute atomic E-state index is 0.0613. The van der Waals surface area contributed by atoms with Gasteiger partial charge in [-0.25, -0.2) is 4.98 Å². The first-order valence-electron chi connectivity index (χ1n) is 4.11. The Morgan fingerprint density at radius 3 is 3.07 bits per heavy atom. The van der Waals surface area contributed by atoms with E-state index >= 15 is 0 Å². The summed E-state index contributed by atoms with van der Waals surface area (Å²) in [6, 6.07) is 3.55. The minimum atomic E-state index is -0.351. The number of nitrogens with two attached hydrogens (primary N) is 1. The van der Waals surface area contributed by atoms with E-state index in [0.29, 0.717) is 0 Å². The van der Waals surface area contributed by atoms with E-state index in [1.165, 1.54) is 0 Å². The Kier molecular flexibility index (Phi) is 2.83. The zero-order valence-electron chi connectivity index (χ0n) is 7.27. The third kappa shape index (κ3) is 1.68. The van der Waals surface area contributed by atoms with Gasteiger partial charge in [0.05, 0.1) is 28.4 Å². The normalized spacial score (nSPS) is 13.4. The topological polar surface area (TPSA) is 59.1 Å². The van der Waals surface area contributed by atoms with Gasteiger partial charge in [0, 0.05) is 4.47 Å². The SMILES string of the molecule is NC(CO)c1cc2ncsc2cc1Br. The van der Waals surface area contributed by atoms with Gasteiger partial charge in [-0.2, -0.15) is 0 Å². The second-order valence-electron chi connectivity index (χ2n) is 2.98. The second kappa shape index (κ2) is 3.94. The van der Waals surface area contributed by atoms with E-state index in [2.05, 4.69) is 20.9 Å². The Hall–Kier alpha value is -0.490. The molecule has 2 aromatic rings. The molecular formula is C9H9BrN2OS. The highest BCUT2D eigenvalue weighted by molar-refractivity contribution is 9.10. The number of nitrogens with zero attached hydrogens (tertiary/aromatic N) is 1. The van der Waals surface area contributed by atoms with Gasteiger partial charge in [0.15, 0.2) is 0 Å². The third-order valence-corrected chi connectivity index (χ3v) is 3.52. The van der Waals surface area contributed by atoms with Gasteiger partial charge in [0.1, 0.15) is 0 Å². The van der Waals surface area contributed by atoms with Gasteiger partial charge in [0.25, 0.3) is 0 Å². The number of aromatic nitrogens is 1. The first kappa shape index (κ1) is 10.0. The fourth-order valence-electron chi connectivity index (χ4n) is 1.28. The van der Waals surface area contributed by atoms with Crippen LogP contribution in [0.25, 0.3) is 10.2 Å². The number of hydrogen-bond acceptors (Lipinski definition) is 4. The van der Waals surface area contributed by atoms with Gasteiger partial charge in [0.2, 0.25) is 0 Å². The number of thiazole rings is 1. The molecule has 0 saturated heterocycles. The Labute approximate surface area is 93.7 Å². The number of fused-ring (bicyclic) bond motifs is 1. The van der Waals surface area contributed by atoms with Crippen molar-refractivity contribution in [2.45, 2.75) is 6.04 Å². The maximum absolute atomic E-state index is 8.97. The fraction of sp³-hybridized carbons (Fsp3) is 0.222. The molecule has 0 aliphatic rings. The first-order chi connectivity index (χ1) is 6.72. The van der Waals surface area contributed by atoms with E-state index in [1.807, 2.05) is 12.1 Å². The van der Waals surface area contributed by atoms with E-state index in [-0.39, 0.29) is 12.6 Å². The van der Waals surface area contributed by atoms with Crippen LogP contribution in [0.2, 0.25) is 0 Å². The zero-order valence-corrected chi connectivity index (χ0v) is 9.68. The molecule has 1 heterocycles. The molecule has 0 aliphatic heterocycles. The van der Waals surface area contributed by atoms with Crippen LogP contribution in [0.5, 0.6) is 0 Å². The van der Waals surface area contributed by atoms with Crippen LogP contribution in [0, 0.1) is 0 Å². The van der Waals surface area contributed by atoms with Crippen molar-refractivity contribution in [1.82, 2.24) is 4.98 Å². The van der Waals surface area contributed by atoms with Crippen molar-refractivity contribution < 1.29 is 5.11 Å². The Bertz CT molecular complexity index is 457. The molecule has 5 heteroatoms. The molecule has 1 atom stereocenters. The molecular weight excluding hydrogens is 264 g/mol. The number of rotatable bonds is 2. The Morgan fingerprint density at radius 1 is 1.57 bits per heavy atom. The molecule has 14 heavy (non-hydrogen) atoms. The molecule has 0 radical (unpaired) electrons. The van der Waals surface area contributed by atoms with Crippen molar-refractivity contribution in [2.75, 3.05) is 6.61 Å². The van der Waals surface area contributed by atoms with E-state index in [9.17, 15) is 0 Å². The quantitative estimate of drug-likeness (QED) is 0.880. The standard InChI is InChI=1S/C9H9BrN2OS/c10-6-2-9-8(12-4-14-9)1-5(6)7(11)3-13/h1-2,4,7,13H,3,11H2. The lowest BCUT2D eigenvalue weighted by atomic mass is 10.1. The third-order valence-electron chi connectivity index (χ3n) is 2.05. The largest absolute Gasteiger partial charge is 0.394 e. The molecule has 2 rings (SSSR count). The first-order valence-corrected chi connectivity index (χ1v) is 5.78. The second-order valence-corrected chi connectivity index (χ2v) is 4.72. The maximum atomic E-state index is 8.97. The summed E-state index contributed by atoms with van der Waals surface area (Å²) in [5, 5.41) is 8.97. The Balaban J connectivity index is 2.58. The van der Waals surface area contributed by atoms with Crippen LogP contribution in [0.3, 0.4) is 0 Å². The van der Waals surface area contributed by atoms with Crippen molar-refractivity contribution in [3.8, 4) is 0 Å². The van der Waals surface area contributed by atoms with Crippen LogP contribution in [0.1, 0.15) is 11.6 Å². The molecule has 1 aromatic carbocycles. The molecule has 0 fully saturated rings. The summed E-state index contributed by atoms with van der Waals surface area (Å²) in [5.41, 5.74) is 9.37. The highest BCUT2D eigenvalue weighted by Crippen LogP contribution is 2.29. The van der Waals surface area contributed by atoms with E-state index in [1.54, 1.807) is 16.8 Å². The number of aliphatic hydroxyl groups excluding tert-OH is 1. The molecule has 1 unspecified atom stereocenters. The van der Waals surface area contributed by atoms with Crippen LogP contribution < -0.4 is 5.73 Å². The monoisotopic (exact) mass is 272 g/mol. The highest BCUT2D eigenvalue weighted by Gasteiger charge is 2.10. The predicted molar refractivity (Wildman–Crippen MR) is 61.3 cm³/mol. The van der Waals surface area contributed by atoms with Crippen molar-refractivity contribution in [2.24, 2.45) is 5.73 Å². The van der Waals surface area contributed by atoms with Crippen LogP contribution in [0.15, 0.2) is 22.1 Å². The van der Waals surface area contributed by atoms with Gasteiger partial charge >= 0.3 is 0 Å². The average molecular weight is 273 g/mol. The van der Waals surface area contributed by atoms with Crippen molar-refractivity contribution in [3.05, 3.63) is 27.7 Å². The average Bonchev–Trinajstić information content (AvgIpc) is 2.62. The predicted octanol–water partition coefficient (Wildman–Crippen LogP) is 2.05. The zero-order chi connectivity index (χ0) is 10.1. The molecule has 0 amide bonds. The summed E-state index contributed by atoms with van der Waals surface area (Å²) in [6.45, 7) is -0.0613. The van der Waals surface area contributed by atoms with Gasteiger partial charge in [-0.3, -0.25) is 0 Å². The summed E-state index contributed by atoms with van der Waals surface area (Å²) >= 11 is 5.02. The van der Waals surface area contributed by atoms with Crippen LogP contribution in [-0.4, -0.2) is 16.7 Å². The number of halogens is 1. The smallest absolute Gasteiger partial charge is 0.0816 e. The summed E-state index contributed by atoms with van der Waals surface area (Å²) in [5.74, 6) is 0. The molecule has 0 spiro atoms. The highest BCUT2D eigenvalue weighted by atomic mass is 79.9. The van der Waals surface area contributed by atoms with E-state index in [0.717, 1.165) is 20.3 Å². The molecule has 3 N–H and O–H groups in total. The number of benzene rings is 1. The summed E-state index contributed by atoms with van der Waals surface area (Å²) in [6.07, 6.45) is 0. The van der Waals surface area contributed by atoms with Crippen LogP contribution >= 0.6 is 27.3 Å². The minimum Gasteiger partial charge on any atom is -0.394 e. The molecule has 74 valence electrons. The van der Waals surface area contributed by atoms with Crippen molar-refractivity contribution in [1.29, 1.82) is 0 Å². The van der Waals surface area contributed by atoms with E-state index < -0.39 is 0 Å². The summed E-state index contributed by atoms with van der Waals surface area (Å²) in [4.78, 5) is 4.20. The van der Waals surface area contributed by atoms with Gasteiger partial charge in [-0.15, -0.1) is 11.3 Å². The van der Waals surface area contributed by atoms with Crippen LogP contribution in [0.4, 0.5) is 0 Å². The fourth-order valence-corrected chi connectivity index (χ4v) is 2.76. The number of aliphatic hydroxyl groups is 1. The van der Waals surface area contributed by atoms with Gasteiger partial charge in [-0.05, 0) is 17.7 Å². The molecule has 0 saturated carbocycles. The molecule has 0 bridgehead atoms. The van der Waals surface area contributed by atoms with Crippen molar-refractivity contribution >= 4 is 37.5 Å². The lowest BCUT2D eigenvalue weighted by molar-refractivity contribution is 0.267. The Morgan fingerprint density at radius 2 is 2.36 bits per heavy atom. The maximum Gasteiger partial charge on any atom is 0.0816 e. The molecule has 1 aromatic heterocycles. The van der Waals surface area contributed by atoms with Crippen LogP contribution in [-0.2, 0) is 0 Å². The summed E-state index contributed by atoms with van der Waals surface area (Å²) < 4.78 is 2.04. The van der Waals surface area contributed by atoms with Gasteiger partial charge in [-0.1, -0.05) is 15.9 Å². The van der Waals surface area contributed by atoms with E-state index in [4.69, 9.17) is 10.8 Å². The lowest BCUT2D eigenvalue weighted by Gasteiger charge is -2.10. The number of hydrogen-bond donors (Lipinski definition) is 2. The van der Waals surface area contributed by atoms with Gasteiger partial charge < -0.3 is 10.8 Å².